The lowest BCUT2D eigenvalue weighted by molar-refractivity contribution is 0.605. The molecule has 0 fully saturated rings. The molecule has 1 atom stereocenters. The first-order chi connectivity index (χ1) is 15.3. The number of pyridine rings is 1. The molecule has 2 heterocycles. The van der Waals surface area contributed by atoms with Gasteiger partial charge in [0.2, 0.25) is 0 Å². The van der Waals surface area contributed by atoms with Crippen LogP contribution in [0.5, 0.6) is 0 Å². The van der Waals surface area contributed by atoms with Crippen LogP contribution in [0.1, 0.15) is 40.9 Å². The Morgan fingerprint density at radius 3 is 2.62 bits per heavy atom. The molecule has 0 saturated heterocycles. The SMILES string of the molecule is Cc1cc(C(C)Nc2ccc(Cl)nc2C)c2oc(-c3cccc(C#N)c3)c(C)c(=O)c2c1. The third kappa shape index (κ3) is 3.98. The highest BCUT2D eigenvalue weighted by molar-refractivity contribution is 6.29. The van der Waals surface area contributed by atoms with Crippen molar-refractivity contribution in [1.82, 2.24) is 4.98 Å². The summed E-state index contributed by atoms with van der Waals surface area (Å²) in [4.78, 5) is 17.6. The van der Waals surface area contributed by atoms with Gasteiger partial charge in [0.05, 0.1) is 34.4 Å². The first-order valence-corrected chi connectivity index (χ1v) is 10.6. The monoisotopic (exact) mass is 443 g/mol. The van der Waals surface area contributed by atoms with Gasteiger partial charge in [0.1, 0.15) is 16.5 Å². The summed E-state index contributed by atoms with van der Waals surface area (Å²) in [6, 6.07) is 16.6. The van der Waals surface area contributed by atoms with Gasteiger partial charge >= 0.3 is 0 Å². The number of rotatable bonds is 4. The van der Waals surface area contributed by atoms with Crippen LogP contribution in [0.25, 0.3) is 22.3 Å². The molecule has 0 bridgehead atoms. The summed E-state index contributed by atoms with van der Waals surface area (Å²) in [6.07, 6.45) is 0. The second-order valence-electron chi connectivity index (χ2n) is 7.94. The van der Waals surface area contributed by atoms with Crippen LogP contribution < -0.4 is 10.7 Å². The minimum Gasteiger partial charge on any atom is -0.455 e. The number of fused-ring (bicyclic) bond motifs is 1. The van der Waals surface area contributed by atoms with Crippen LogP contribution in [-0.4, -0.2) is 4.98 Å². The summed E-state index contributed by atoms with van der Waals surface area (Å²) in [7, 11) is 0. The van der Waals surface area contributed by atoms with Crippen LogP contribution >= 0.6 is 11.6 Å². The van der Waals surface area contributed by atoms with E-state index in [0.29, 0.717) is 38.6 Å². The summed E-state index contributed by atoms with van der Waals surface area (Å²) in [5.41, 5.74) is 5.65. The molecule has 1 unspecified atom stereocenters. The topological polar surface area (TPSA) is 78.9 Å². The van der Waals surface area contributed by atoms with Gasteiger partial charge in [-0.3, -0.25) is 4.79 Å². The lowest BCUT2D eigenvalue weighted by Gasteiger charge is -2.19. The first kappa shape index (κ1) is 21.6. The second kappa shape index (κ2) is 8.49. The average molecular weight is 444 g/mol. The van der Waals surface area contributed by atoms with Gasteiger partial charge in [-0.1, -0.05) is 29.8 Å². The Bertz CT molecular complexity index is 1450. The molecule has 2 aromatic heterocycles. The van der Waals surface area contributed by atoms with E-state index in [0.717, 1.165) is 22.5 Å². The Balaban J connectivity index is 1.90. The van der Waals surface area contributed by atoms with E-state index in [1.54, 1.807) is 31.2 Å². The minimum absolute atomic E-state index is 0.0786. The maximum absolute atomic E-state index is 13.3. The van der Waals surface area contributed by atoms with E-state index < -0.39 is 0 Å². The number of nitrogens with one attached hydrogen (secondary N) is 1. The van der Waals surface area contributed by atoms with Crippen molar-refractivity contribution in [2.45, 2.75) is 33.7 Å². The number of nitriles is 1. The highest BCUT2D eigenvalue weighted by Crippen LogP contribution is 2.32. The van der Waals surface area contributed by atoms with Gasteiger partial charge in [-0.2, -0.15) is 5.26 Å². The van der Waals surface area contributed by atoms with E-state index >= 15 is 0 Å². The Hall–Kier alpha value is -3.62. The molecule has 0 aliphatic carbocycles. The highest BCUT2D eigenvalue weighted by Gasteiger charge is 2.19. The van der Waals surface area contributed by atoms with E-state index in [9.17, 15) is 10.1 Å². The first-order valence-electron chi connectivity index (χ1n) is 10.3. The normalized spacial score (nSPS) is 11.9. The van der Waals surface area contributed by atoms with E-state index in [-0.39, 0.29) is 11.5 Å². The van der Waals surface area contributed by atoms with Crippen molar-refractivity contribution in [3.05, 3.63) is 91.9 Å². The van der Waals surface area contributed by atoms with Gasteiger partial charge in [0, 0.05) is 16.7 Å². The van der Waals surface area contributed by atoms with Gasteiger partial charge in [-0.15, -0.1) is 0 Å². The fourth-order valence-corrected chi connectivity index (χ4v) is 4.08. The predicted octanol–water partition coefficient (Wildman–Crippen LogP) is 6.48. The van der Waals surface area contributed by atoms with Crippen LogP contribution in [-0.2, 0) is 0 Å². The number of anilines is 1. The maximum Gasteiger partial charge on any atom is 0.196 e. The van der Waals surface area contributed by atoms with E-state index in [1.165, 1.54) is 0 Å². The van der Waals surface area contributed by atoms with Crippen LogP contribution in [0.15, 0.2) is 57.7 Å². The summed E-state index contributed by atoms with van der Waals surface area (Å²) >= 11 is 5.99. The third-order valence-electron chi connectivity index (χ3n) is 5.54. The fourth-order valence-electron chi connectivity index (χ4n) is 3.89. The number of aromatic nitrogens is 1. The Morgan fingerprint density at radius 1 is 1.12 bits per heavy atom. The summed E-state index contributed by atoms with van der Waals surface area (Å²) in [6.45, 7) is 7.62. The molecule has 6 heteroatoms. The van der Waals surface area contributed by atoms with Crippen molar-refractivity contribution < 1.29 is 4.42 Å². The molecule has 0 radical (unpaired) electrons. The summed E-state index contributed by atoms with van der Waals surface area (Å²) in [5.74, 6) is 0.473. The zero-order valence-corrected chi connectivity index (χ0v) is 19.0. The van der Waals surface area contributed by atoms with Crippen LogP contribution in [0.2, 0.25) is 5.15 Å². The van der Waals surface area contributed by atoms with E-state index in [2.05, 4.69) is 16.4 Å². The maximum atomic E-state index is 13.3. The van der Waals surface area contributed by atoms with Crippen molar-refractivity contribution in [2.24, 2.45) is 0 Å². The van der Waals surface area contributed by atoms with Crippen molar-refractivity contribution in [2.75, 3.05) is 5.32 Å². The number of aryl methyl sites for hydroxylation is 2. The molecular weight excluding hydrogens is 422 g/mol. The highest BCUT2D eigenvalue weighted by atomic mass is 35.5. The Kier molecular flexibility index (Phi) is 5.73. The average Bonchev–Trinajstić information content (AvgIpc) is 2.78. The molecule has 0 amide bonds. The lowest BCUT2D eigenvalue weighted by Crippen LogP contribution is -2.13. The van der Waals surface area contributed by atoms with Gasteiger partial charge < -0.3 is 9.73 Å². The van der Waals surface area contributed by atoms with Gasteiger partial charge in [-0.05, 0) is 63.6 Å². The number of nitrogens with zero attached hydrogens (tertiary/aromatic N) is 2. The van der Waals surface area contributed by atoms with Crippen molar-refractivity contribution in [3.8, 4) is 17.4 Å². The van der Waals surface area contributed by atoms with Crippen molar-refractivity contribution >= 4 is 28.3 Å². The second-order valence-corrected chi connectivity index (χ2v) is 8.33. The van der Waals surface area contributed by atoms with Crippen LogP contribution in [0, 0.1) is 32.1 Å². The predicted molar refractivity (Wildman–Crippen MR) is 128 cm³/mol. The van der Waals surface area contributed by atoms with Gasteiger partial charge in [0.15, 0.2) is 5.43 Å². The summed E-state index contributed by atoms with van der Waals surface area (Å²) < 4.78 is 6.37. The van der Waals surface area contributed by atoms with Gasteiger partial charge in [-0.25, -0.2) is 4.98 Å². The fraction of sp³-hybridized carbons (Fsp3) is 0.192. The lowest BCUT2D eigenvalue weighted by atomic mass is 9.98. The third-order valence-corrected chi connectivity index (χ3v) is 5.75. The standard InChI is InChI=1S/C26H22ClN3O2/c1-14-10-20(16(3)29-22-8-9-23(27)30-17(22)4)26-21(11-14)24(31)15(2)25(32-26)19-7-5-6-18(12-19)13-28/h5-12,16,29H,1-4H3. The molecule has 4 rings (SSSR count). The van der Waals surface area contributed by atoms with E-state index in [4.69, 9.17) is 16.0 Å². The number of benzene rings is 2. The zero-order chi connectivity index (χ0) is 23.0. The molecule has 0 saturated carbocycles. The molecule has 5 nitrogen and oxygen atoms in total. The number of hydrogen-bond acceptors (Lipinski definition) is 5. The Morgan fingerprint density at radius 2 is 1.91 bits per heavy atom. The van der Waals surface area contributed by atoms with Crippen LogP contribution in [0.4, 0.5) is 5.69 Å². The van der Waals surface area contributed by atoms with Crippen molar-refractivity contribution in [3.63, 3.8) is 0 Å². The molecule has 1 N–H and O–H groups in total. The van der Waals surface area contributed by atoms with Gasteiger partial charge in [0.25, 0.3) is 0 Å². The smallest absolute Gasteiger partial charge is 0.196 e. The molecule has 4 aromatic rings. The molecule has 32 heavy (non-hydrogen) atoms. The zero-order valence-electron chi connectivity index (χ0n) is 18.3. The molecule has 0 spiro atoms. The minimum atomic E-state index is -0.164. The molecule has 0 aliphatic heterocycles. The molecule has 160 valence electrons. The number of halogens is 1. The molecule has 2 aromatic carbocycles. The number of hydrogen-bond donors (Lipinski definition) is 1. The van der Waals surface area contributed by atoms with Crippen LogP contribution in [0.3, 0.4) is 0 Å². The molecular formula is C26H22ClN3O2. The Labute approximate surface area is 191 Å². The van der Waals surface area contributed by atoms with E-state index in [1.807, 2.05) is 45.0 Å². The quantitative estimate of drug-likeness (QED) is 0.365. The summed E-state index contributed by atoms with van der Waals surface area (Å²) in [5, 5.41) is 13.7. The largest absolute Gasteiger partial charge is 0.455 e. The van der Waals surface area contributed by atoms with Crippen molar-refractivity contribution in [1.29, 1.82) is 5.26 Å². The molecule has 0 aliphatic rings.